The van der Waals surface area contributed by atoms with Gasteiger partial charge in [-0.25, -0.2) is 4.90 Å². The molecule has 162 valence electrons. The molecule has 7 nitrogen and oxygen atoms in total. The molecular weight excluding hydrogens is 394 g/mol. The van der Waals surface area contributed by atoms with Crippen molar-refractivity contribution < 1.29 is 24.0 Å². The number of carbonyl (C=O) groups is 3. The average molecular weight is 423 g/mol. The minimum atomic E-state index is -0.391. The number of nitrogens with zero attached hydrogens (tertiary/aromatic N) is 2. The molecule has 2 fully saturated rings. The number of rotatable bonds is 6. The normalized spacial score (nSPS) is 19.7. The van der Waals surface area contributed by atoms with Crippen LogP contribution in [-0.4, -0.2) is 61.4 Å². The Balaban J connectivity index is 1.37. The van der Waals surface area contributed by atoms with E-state index in [1.54, 1.807) is 24.3 Å². The summed E-state index contributed by atoms with van der Waals surface area (Å²) in [6, 6.07) is 15.9. The summed E-state index contributed by atoms with van der Waals surface area (Å²) >= 11 is 0. The van der Waals surface area contributed by atoms with Crippen molar-refractivity contribution in [3.8, 4) is 5.75 Å². The third-order valence-electron chi connectivity index (χ3n) is 5.92. The van der Waals surface area contributed by atoms with Crippen LogP contribution < -0.4 is 14.5 Å². The summed E-state index contributed by atoms with van der Waals surface area (Å²) in [5.74, 6) is 0.407. The second-order valence-corrected chi connectivity index (χ2v) is 7.98. The number of quaternary nitrogens is 1. The highest BCUT2D eigenvalue weighted by Crippen LogP contribution is 2.24. The number of ether oxygens (including phenoxy) is 1. The maximum absolute atomic E-state index is 13.1. The van der Waals surface area contributed by atoms with Gasteiger partial charge in [0.2, 0.25) is 5.91 Å². The third-order valence-corrected chi connectivity index (χ3v) is 5.92. The summed E-state index contributed by atoms with van der Waals surface area (Å²) in [5, 5.41) is 0. The van der Waals surface area contributed by atoms with Crippen molar-refractivity contribution in [2.75, 3.05) is 37.7 Å². The van der Waals surface area contributed by atoms with E-state index in [-0.39, 0.29) is 24.1 Å². The zero-order chi connectivity index (χ0) is 21.8. The number of anilines is 1. The van der Waals surface area contributed by atoms with E-state index >= 15 is 0 Å². The highest BCUT2D eigenvalue weighted by molar-refractivity contribution is 6.21. The molecule has 2 heterocycles. The first kappa shape index (κ1) is 21.1. The summed E-state index contributed by atoms with van der Waals surface area (Å²) in [6.07, 6.45) is 1.12. The summed E-state index contributed by atoms with van der Waals surface area (Å²) < 4.78 is 5.58. The van der Waals surface area contributed by atoms with E-state index in [1.165, 1.54) is 4.90 Å². The minimum absolute atomic E-state index is 0.0143. The number of piperazine rings is 1. The maximum atomic E-state index is 13.1. The molecule has 2 aliphatic heterocycles. The van der Waals surface area contributed by atoms with Gasteiger partial charge in [0, 0.05) is 5.56 Å². The highest BCUT2D eigenvalue weighted by Gasteiger charge is 2.46. The Morgan fingerprint density at radius 2 is 1.71 bits per heavy atom. The maximum Gasteiger partial charge on any atom is 0.292 e. The number of amides is 3. The first-order valence-electron chi connectivity index (χ1n) is 10.9. The molecule has 0 saturated carbocycles. The Kier molecular flexibility index (Phi) is 6.32. The van der Waals surface area contributed by atoms with Gasteiger partial charge in [-0.1, -0.05) is 25.1 Å². The fraction of sp³-hybridized carbons (Fsp3) is 0.375. The molecule has 0 bridgehead atoms. The molecule has 2 aromatic carbocycles. The molecule has 0 radical (unpaired) electrons. The number of carbonyl (C=O) groups excluding carboxylic acids is 3. The predicted molar refractivity (Wildman–Crippen MR) is 116 cm³/mol. The number of imide groups is 1. The molecule has 2 aromatic rings. The van der Waals surface area contributed by atoms with Gasteiger partial charge in [-0.15, -0.1) is 0 Å². The van der Waals surface area contributed by atoms with Crippen LogP contribution >= 0.6 is 0 Å². The summed E-state index contributed by atoms with van der Waals surface area (Å²) in [5.41, 5.74) is 1.26. The van der Waals surface area contributed by atoms with Gasteiger partial charge in [0.05, 0.1) is 44.9 Å². The Hall–Kier alpha value is -3.19. The van der Waals surface area contributed by atoms with Gasteiger partial charge in [0.25, 0.3) is 11.8 Å². The van der Waals surface area contributed by atoms with Crippen LogP contribution in [0.25, 0.3) is 0 Å². The standard InChI is InChI=1S/C24H27N3O4/c1-2-16-31-20-10-8-19(9-11-20)27-22(28)17-21(24(27)30)25-12-14-26(15-13-25)23(29)18-6-4-3-5-7-18/h3-11,21H,2,12-17H2,1H3/p+1/t21-/m0/s1. The quantitative estimate of drug-likeness (QED) is 0.709. The van der Waals surface area contributed by atoms with E-state index < -0.39 is 6.04 Å². The van der Waals surface area contributed by atoms with Crippen LogP contribution in [0.4, 0.5) is 5.69 Å². The Morgan fingerprint density at radius 1 is 1.03 bits per heavy atom. The van der Waals surface area contributed by atoms with Gasteiger partial charge in [0.1, 0.15) is 5.75 Å². The Morgan fingerprint density at radius 3 is 2.35 bits per heavy atom. The Bertz CT molecular complexity index is 937. The van der Waals surface area contributed by atoms with E-state index in [1.807, 2.05) is 42.2 Å². The van der Waals surface area contributed by atoms with Gasteiger partial charge >= 0.3 is 0 Å². The monoisotopic (exact) mass is 422 g/mol. The van der Waals surface area contributed by atoms with Crippen molar-refractivity contribution in [2.45, 2.75) is 25.8 Å². The second-order valence-electron chi connectivity index (χ2n) is 7.98. The molecule has 2 aliphatic rings. The molecule has 7 heteroatoms. The van der Waals surface area contributed by atoms with Crippen molar-refractivity contribution in [3.05, 3.63) is 60.2 Å². The lowest BCUT2D eigenvalue weighted by Gasteiger charge is -2.34. The Labute approximate surface area is 182 Å². The predicted octanol–water partition coefficient (Wildman–Crippen LogP) is 1.15. The van der Waals surface area contributed by atoms with E-state index in [2.05, 4.69) is 0 Å². The molecule has 2 saturated heterocycles. The molecule has 4 rings (SSSR count). The molecular formula is C24H28N3O4+. The molecule has 0 spiro atoms. The smallest absolute Gasteiger partial charge is 0.292 e. The lowest BCUT2D eigenvalue weighted by Crippen LogP contribution is -3.19. The van der Waals surface area contributed by atoms with Gasteiger partial charge in [-0.05, 0) is 42.8 Å². The second kappa shape index (κ2) is 9.31. The van der Waals surface area contributed by atoms with E-state index in [0.717, 1.165) is 17.1 Å². The minimum Gasteiger partial charge on any atom is -0.494 e. The number of hydrogen-bond acceptors (Lipinski definition) is 4. The zero-order valence-electron chi connectivity index (χ0n) is 17.8. The zero-order valence-corrected chi connectivity index (χ0v) is 17.8. The molecule has 0 aliphatic carbocycles. The van der Waals surface area contributed by atoms with Crippen LogP contribution in [0.3, 0.4) is 0 Å². The lowest BCUT2D eigenvalue weighted by atomic mass is 10.1. The fourth-order valence-corrected chi connectivity index (χ4v) is 4.24. The molecule has 1 atom stereocenters. The van der Waals surface area contributed by atoms with Crippen molar-refractivity contribution in [1.29, 1.82) is 0 Å². The number of benzene rings is 2. The van der Waals surface area contributed by atoms with Crippen LogP contribution in [0.5, 0.6) is 5.75 Å². The first-order chi connectivity index (χ1) is 15.1. The summed E-state index contributed by atoms with van der Waals surface area (Å²) in [6.45, 7) is 5.12. The molecule has 0 aromatic heterocycles. The van der Waals surface area contributed by atoms with E-state index in [9.17, 15) is 14.4 Å². The summed E-state index contributed by atoms with van der Waals surface area (Å²) in [7, 11) is 0. The van der Waals surface area contributed by atoms with Crippen molar-refractivity contribution in [3.63, 3.8) is 0 Å². The van der Waals surface area contributed by atoms with Crippen LogP contribution in [-0.2, 0) is 9.59 Å². The van der Waals surface area contributed by atoms with Gasteiger partial charge in [0.15, 0.2) is 6.04 Å². The van der Waals surface area contributed by atoms with Gasteiger partial charge < -0.3 is 14.5 Å². The van der Waals surface area contributed by atoms with Crippen LogP contribution in [0, 0.1) is 0 Å². The van der Waals surface area contributed by atoms with E-state index in [4.69, 9.17) is 4.74 Å². The molecule has 31 heavy (non-hydrogen) atoms. The van der Waals surface area contributed by atoms with Gasteiger partial charge in [-0.3, -0.25) is 14.4 Å². The van der Waals surface area contributed by atoms with E-state index in [0.29, 0.717) is 44.0 Å². The number of nitrogens with one attached hydrogen (secondary N) is 1. The highest BCUT2D eigenvalue weighted by atomic mass is 16.5. The SMILES string of the molecule is CCCOc1ccc(N2C(=O)C[C@H]([NH+]3CCN(C(=O)c4ccccc4)CC3)C2=O)cc1. The van der Waals surface area contributed by atoms with Crippen molar-refractivity contribution >= 4 is 23.4 Å². The largest absolute Gasteiger partial charge is 0.494 e. The number of hydrogen-bond donors (Lipinski definition) is 1. The van der Waals surface area contributed by atoms with Crippen molar-refractivity contribution in [2.24, 2.45) is 0 Å². The van der Waals surface area contributed by atoms with Crippen molar-refractivity contribution in [1.82, 2.24) is 4.90 Å². The summed E-state index contributed by atoms with van der Waals surface area (Å²) in [4.78, 5) is 42.6. The van der Waals surface area contributed by atoms with Crippen LogP contribution in [0.15, 0.2) is 54.6 Å². The van der Waals surface area contributed by atoms with Gasteiger partial charge in [-0.2, -0.15) is 0 Å². The molecule has 1 N–H and O–H groups in total. The fourth-order valence-electron chi connectivity index (χ4n) is 4.24. The first-order valence-corrected chi connectivity index (χ1v) is 10.9. The van der Waals surface area contributed by atoms with Crippen LogP contribution in [0.1, 0.15) is 30.1 Å². The third kappa shape index (κ3) is 4.46. The topological polar surface area (TPSA) is 71.4 Å². The lowest BCUT2D eigenvalue weighted by molar-refractivity contribution is -0.918. The van der Waals surface area contributed by atoms with Crippen LogP contribution in [0.2, 0.25) is 0 Å². The average Bonchev–Trinajstić information content (AvgIpc) is 3.12. The molecule has 3 amide bonds. The molecule has 0 unspecified atom stereocenters.